The van der Waals surface area contributed by atoms with E-state index in [0.29, 0.717) is 30.5 Å². The van der Waals surface area contributed by atoms with Crippen LogP contribution in [0.2, 0.25) is 0 Å². The van der Waals surface area contributed by atoms with Gasteiger partial charge < -0.3 is 16.2 Å². The molecule has 1 aromatic rings. The zero-order valence-corrected chi connectivity index (χ0v) is 18.3. The van der Waals surface area contributed by atoms with E-state index in [1.165, 1.54) is 18.5 Å². The van der Waals surface area contributed by atoms with E-state index in [9.17, 15) is 15.2 Å². The van der Waals surface area contributed by atoms with Crippen LogP contribution in [0.4, 0.5) is 0 Å². The summed E-state index contributed by atoms with van der Waals surface area (Å²) >= 11 is 0. The maximum Gasteiger partial charge on any atom is 0.254 e. The van der Waals surface area contributed by atoms with Crippen molar-refractivity contribution in [2.45, 2.75) is 57.9 Å². The molecule has 0 saturated heterocycles. The van der Waals surface area contributed by atoms with Gasteiger partial charge in [-0.05, 0) is 60.9 Å². The number of allylic oxidation sites excluding steroid dienone is 2. The molecule has 0 heterocycles. The van der Waals surface area contributed by atoms with Gasteiger partial charge in [0.05, 0.1) is 23.8 Å². The lowest BCUT2D eigenvalue weighted by molar-refractivity contribution is -0.118. The largest absolute Gasteiger partial charge is 0.508 e. The third-order valence-corrected chi connectivity index (χ3v) is 5.28. The third kappa shape index (κ3) is 7.14. The minimum Gasteiger partial charge on any atom is -0.508 e. The second kappa shape index (κ2) is 12.4. The van der Waals surface area contributed by atoms with E-state index in [-0.39, 0.29) is 23.6 Å². The number of carbonyl (C=O) groups is 1. The van der Waals surface area contributed by atoms with Gasteiger partial charge in [-0.3, -0.25) is 9.79 Å². The summed E-state index contributed by atoms with van der Waals surface area (Å²) in [4.78, 5) is 16.9. The van der Waals surface area contributed by atoms with Gasteiger partial charge in [-0.25, -0.2) is 0 Å². The summed E-state index contributed by atoms with van der Waals surface area (Å²) in [6.45, 7) is 4.72. The Labute approximate surface area is 184 Å². The molecule has 6 nitrogen and oxygen atoms in total. The van der Waals surface area contributed by atoms with E-state index in [1.54, 1.807) is 12.1 Å². The molecule has 31 heavy (non-hydrogen) atoms. The van der Waals surface area contributed by atoms with Crippen molar-refractivity contribution < 1.29 is 9.90 Å². The van der Waals surface area contributed by atoms with Crippen LogP contribution in [0.5, 0.6) is 5.75 Å². The number of nitrogens with two attached hydrogens (primary N) is 1. The second-order valence-electron chi connectivity index (χ2n) is 7.69. The zero-order valence-electron chi connectivity index (χ0n) is 18.3. The number of nitriles is 1. The van der Waals surface area contributed by atoms with Crippen molar-refractivity contribution in [1.82, 2.24) is 5.32 Å². The van der Waals surface area contributed by atoms with Crippen molar-refractivity contribution in [3.63, 3.8) is 0 Å². The molecule has 1 amide bonds. The van der Waals surface area contributed by atoms with Gasteiger partial charge in [-0.15, -0.1) is 0 Å². The van der Waals surface area contributed by atoms with Gasteiger partial charge in [0.15, 0.2) is 0 Å². The molecule has 1 fully saturated rings. The smallest absolute Gasteiger partial charge is 0.254 e. The molecule has 0 aromatic heterocycles. The van der Waals surface area contributed by atoms with Crippen LogP contribution in [-0.2, 0) is 4.79 Å². The average Bonchev–Trinajstić information content (AvgIpc) is 2.74. The summed E-state index contributed by atoms with van der Waals surface area (Å²) in [5, 5.41) is 21.9. The molecule has 6 heteroatoms. The highest BCUT2D eigenvalue weighted by molar-refractivity contribution is 6.12. The van der Waals surface area contributed by atoms with Crippen molar-refractivity contribution >= 4 is 12.1 Å². The molecule has 1 aliphatic rings. The molecule has 0 spiro atoms. The summed E-state index contributed by atoms with van der Waals surface area (Å²) in [5.41, 5.74) is 8.49. The number of unbranched alkanes of at least 4 members (excludes halogenated alkanes) is 1. The Morgan fingerprint density at radius 1 is 1.39 bits per heavy atom. The lowest BCUT2D eigenvalue weighted by Crippen LogP contribution is -2.44. The van der Waals surface area contributed by atoms with Crippen molar-refractivity contribution in [3.8, 4) is 11.8 Å². The van der Waals surface area contributed by atoms with Gasteiger partial charge in [0.25, 0.3) is 5.91 Å². The first-order valence-electron chi connectivity index (χ1n) is 10.8. The van der Waals surface area contributed by atoms with E-state index in [4.69, 9.17) is 5.73 Å². The molecule has 2 rings (SSSR count). The highest BCUT2D eigenvalue weighted by atomic mass is 16.3. The Hall–Kier alpha value is -3.33. The number of aromatic hydroxyl groups is 1. The SMILES string of the molecule is CC/C=C/C(=C\CCC)CN=C/C(=C\N)C(=O)NC1CC(c2cc(O)ccc2C#N)C1. The highest BCUT2D eigenvalue weighted by Gasteiger charge is 2.33. The number of benzene rings is 1. The monoisotopic (exact) mass is 420 g/mol. The Balaban J connectivity index is 1.90. The molecular weight excluding hydrogens is 388 g/mol. The van der Waals surface area contributed by atoms with Crippen molar-refractivity contribution in [2.24, 2.45) is 10.7 Å². The summed E-state index contributed by atoms with van der Waals surface area (Å²) < 4.78 is 0. The fourth-order valence-electron chi connectivity index (χ4n) is 3.46. The van der Waals surface area contributed by atoms with Gasteiger partial charge >= 0.3 is 0 Å². The molecule has 1 aromatic carbocycles. The molecule has 1 saturated carbocycles. The molecule has 164 valence electrons. The molecule has 0 aliphatic heterocycles. The number of nitrogens with zero attached hydrogens (tertiary/aromatic N) is 2. The fourth-order valence-corrected chi connectivity index (χ4v) is 3.46. The summed E-state index contributed by atoms with van der Waals surface area (Å²) in [6, 6.07) is 6.94. The maximum atomic E-state index is 12.5. The maximum absolute atomic E-state index is 12.5. The average molecular weight is 421 g/mol. The van der Waals surface area contributed by atoms with Gasteiger partial charge in [0.2, 0.25) is 0 Å². The van der Waals surface area contributed by atoms with Crippen molar-refractivity contribution in [1.29, 1.82) is 5.26 Å². The van der Waals surface area contributed by atoms with E-state index in [2.05, 4.69) is 48.5 Å². The molecule has 0 radical (unpaired) electrons. The van der Waals surface area contributed by atoms with E-state index in [1.807, 2.05) is 0 Å². The lowest BCUT2D eigenvalue weighted by Gasteiger charge is -2.36. The number of aliphatic imine (C=N–C) groups is 1. The predicted octanol–water partition coefficient (Wildman–Crippen LogP) is 4.23. The van der Waals surface area contributed by atoms with Gasteiger partial charge in [0.1, 0.15) is 5.75 Å². The number of carbonyl (C=O) groups excluding carboxylic acids is 1. The summed E-state index contributed by atoms with van der Waals surface area (Å²) in [5.74, 6) is 0.0316. The highest BCUT2D eigenvalue weighted by Crippen LogP contribution is 2.39. The Bertz CT molecular complexity index is 916. The number of amides is 1. The number of phenolic OH excluding ortho intramolecular Hbond substituents is 1. The number of rotatable bonds is 10. The summed E-state index contributed by atoms with van der Waals surface area (Å²) in [7, 11) is 0. The van der Waals surface area contributed by atoms with Crippen LogP contribution >= 0.6 is 0 Å². The topological polar surface area (TPSA) is 112 Å². The first-order chi connectivity index (χ1) is 15.0. The predicted molar refractivity (Wildman–Crippen MR) is 125 cm³/mol. The number of hydrogen-bond acceptors (Lipinski definition) is 5. The lowest BCUT2D eigenvalue weighted by atomic mass is 9.74. The molecule has 0 atom stereocenters. The second-order valence-corrected chi connectivity index (χ2v) is 7.69. The van der Waals surface area contributed by atoms with Crippen LogP contribution < -0.4 is 11.1 Å². The first kappa shape index (κ1) is 23.9. The molecule has 4 N–H and O–H groups in total. The summed E-state index contributed by atoms with van der Waals surface area (Å²) in [6.07, 6.45) is 13.6. The minimum atomic E-state index is -0.255. The molecule has 0 unspecified atom stereocenters. The zero-order chi connectivity index (χ0) is 22.6. The number of hydrogen-bond donors (Lipinski definition) is 3. The number of nitrogens with one attached hydrogen (secondary N) is 1. The van der Waals surface area contributed by atoms with E-state index in [0.717, 1.165) is 30.4 Å². The first-order valence-corrected chi connectivity index (χ1v) is 10.8. The van der Waals surface area contributed by atoms with Crippen LogP contribution in [0.3, 0.4) is 0 Å². The van der Waals surface area contributed by atoms with Crippen LogP contribution in [0.15, 0.2) is 58.8 Å². The van der Waals surface area contributed by atoms with Crippen LogP contribution in [0.1, 0.15) is 63.0 Å². The quantitative estimate of drug-likeness (QED) is 0.299. The molecule has 0 bridgehead atoms. The van der Waals surface area contributed by atoms with Crippen molar-refractivity contribution in [3.05, 3.63) is 64.9 Å². The van der Waals surface area contributed by atoms with Gasteiger partial charge in [0, 0.05) is 18.5 Å². The Kier molecular flexibility index (Phi) is 9.57. The molecular formula is C25H32N4O2. The Morgan fingerprint density at radius 3 is 2.81 bits per heavy atom. The number of phenols is 1. The Morgan fingerprint density at radius 2 is 2.16 bits per heavy atom. The fraction of sp³-hybridized carbons (Fsp3) is 0.400. The standard InChI is InChI=1S/C25H32N4O2/c1-3-5-7-18(8-6-4-2)16-28-17-21(15-27)25(31)29-22-11-20(12-22)24-13-23(30)10-9-19(24)14-26/h5,7-10,13,15,17,20,22,30H,3-4,6,11-12,16,27H2,1-2H3,(H,29,31)/b7-5+,18-8+,21-15+,28-17?. The van der Waals surface area contributed by atoms with Crippen molar-refractivity contribution in [2.75, 3.05) is 6.54 Å². The van der Waals surface area contributed by atoms with E-state index >= 15 is 0 Å². The normalized spacial score (nSPS) is 19.4. The van der Waals surface area contributed by atoms with Gasteiger partial charge in [-0.2, -0.15) is 5.26 Å². The van der Waals surface area contributed by atoms with Crippen LogP contribution in [-0.4, -0.2) is 29.8 Å². The molecule has 1 aliphatic carbocycles. The van der Waals surface area contributed by atoms with Crippen LogP contribution in [0.25, 0.3) is 0 Å². The van der Waals surface area contributed by atoms with Crippen LogP contribution in [0, 0.1) is 11.3 Å². The van der Waals surface area contributed by atoms with Gasteiger partial charge in [-0.1, -0.05) is 38.5 Å². The third-order valence-electron chi connectivity index (χ3n) is 5.28. The van der Waals surface area contributed by atoms with E-state index < -0.39 is 0 Å². The minimum absolute atomic E-state index is 0.00207.